The van der Waals surface area contributed by atoms with Gasteiger partial charge in [0, 0.05) is 11.8 Å². The SMILES string of the molecule is FC(F)(F)c1ccccc1-c1cc[c]nc1. The van der Waals surface area contributed by atoms with Crippen LogP contribution in [0.15, 0.2) is 42.6 Å². The van der Waals surface area contributed by atoms with Gasteiger partial charge < -0.3 is 0 Å². The summed E-state index contributed by atoms with van der Waals surface area (Å²) in [5.41, 5.74) is -0.0776. The first kappa shape index (κ1) is 10.7. The molecule has 0 atom stereocenters. The molecule has 0 aliphatic heterocycles. The molecule has 1 nitrogen and oxygen atoms in total. The number of alkyl halides is 3. The van der Waals surface area contributed by atoms with E-state index in [1.54, 1.807) is 12.1 Å². The maximum absolute atomic E-state index is 12.7. The van der Waals surface area contributed by atoms with Crippen LogP contribution in [0, 0.1) is 6.20 Å². The summed E-state index contributed by atoms with van der Waals surface area (Å²) in [6.07, 6.45) is -0.456. The minimum absolute atomic E-state index is 0.136. The summed E-state index contributed by atoms with van der Waals surface area (Å²) < 4.78 is 38.1. The number of hydrogen-bond acceptors (Lipinski definition) is 1. The highest BCUT2D eigenvalue weighted by molar-refractivity contribution is 5.66. The van der Waals surface area contributed by atoms with Gasteiger partial charge in [-0.25, -0.2) is 0 Å². The van der Waals surface area contributed by atoms with Crippen molar-refractivity contribution in [3.05, 3.63) is 54.4 Å². The van der Waals surface area contributed by atoms with Crippen molar-refractivity contribution in [2.24, 2.45) is 0 Å². The number of halogens is 3. The lowest BCUT2D eigenvalue weighted by Gasteiger charge is -2.12. The van der Waals surface area contributed by atoms with Gasteiger partial charge in [0.15, 0.2) is 0 Å². The average molecular weight is 222 g/mol. The van der Waals surface area contributed by atoms with Crippen LogP contribution in [-0.4, -0.2) is 4.98 Å². The molecule has 1 aromatic carbocycles. The molecule has 81 valence electrons. The molecule has 0 amide bonds. The summed E-state index contributed by atoms with van der Waals surface area (Å²) in [5.74, 6) is 0. The zero-order chi connectivity index (χ0) is 11.6. The van der Waals surface area contributed by atoms with E-state index in [2.05, 4.69) is 11.2 Å². The highest BCUT2D eigenvalue weighted by atomic mass is 19.4. The van der Waals surface area contributed by atoms with Crippen molar-refractivity contribution >= 4 is 0 Å². The van der Waals surface area contributed by atoms with E-state index in [0.717, 1.165) is 6.07 Å². The molecule has 1 radical (unpaired) electrons. The zero-order valence-electron chi connectivity index (χ0n) is 8.12. The van der Waals surface area contributed by atoms with Crippen LogP contribution in [0.3, 0.4) is 0 Å². The van der Waals surface area contributed by atoms with Gasteiger partial charge in [0.25, 0.3) is 0 Å². The molecular formula is C12H7F3N. The molecule has 1 heterocycles. The minimum atomic E-state index is -4.35. The van der Waals surface area contributed by atoms with Crippen molar-refractivity contribution in [2.75, 3.05) is 0 Å². The standard InChI is InChI=1S/C12H7F3N/c13-12(14,15)11-6-2-1-5-10(11)9-4-3-7-16-8-9/h1-6,8H. The van der Waals surface area contributed by atoms with Gasteiger partial charge in [0.1, 0.15) is 0 Å². The lowest BCUT2D eigenvalue weighted by molar-refractivity contribution is -0.137. The Morgan fingerprint density at radius 1 is 1.06 bits per heavy atom. The number of aromatic nitrogens is 1. The van der Waals surface area contributed by atoms with E-state index < -0.39 is 11.7 Å². The zero-order valence-corrected chi connectivity index (χ0v) is 8.12. The Hall–Kier alpha value is -1.84. The second kappa shape index (κ2) is 3.96. The third-order valence-corrected chi connectivity index (χ3v) is 2.16. The topological polar surface area (TPSA) is 12.9 Å². The second-order valence-corrected chi connectivity index (χ2v) is 3.22. The summed E-state index contributed by atoms with van der Waals surface area (Å²) >= 11 is 0. The number of hydrogen-bond donors (Lipinski definition) is 0. The number of nitrogens with zero attached hydrogens (tertiary/aromatic N) is 1. The Labute approximate surface area is 90.6 Å². The average Bonchev–Trinajstić information content (AvgIpc) is 2.29. The Kier molecular flexibility index (Phi) is 2.64. The van der Waals surface area contributed by atoms with E-state index in [-0.39, 0.29) is 5.56 Å². The molecule has 16 heavy (non-hydrogen) atoms. The van der Waals surface area contributed by atoms with Gasteiger partial charge in [0.2, 0.25) is 0 Å². The molecule has 2 aromatic rings. The molecule has 0 aliphatic carbocycles. The van der Waals surface area contributed by atoms with Gasteiger partial charge in [-0.05, 0) is 17.7 Å². The maximum Gasteiger partial charge on any atom is 0.417 e. The predicted molar refractivity (Wildman–Crippen MR) is 53.5 cm³/mol. The third kappa shape index (κ3) is 2.05. The summed E-state index contributed by atoms with van der Waals surface area (Å²) in [7, 11) is 0. The van der Waals surface area contributed by atoms with Crippen molar-refractivity contribution in [3.63, 3.8) is 0 Å². The molecular weight excluding hydrogens is 215 g/mol. The summed E-state index contributed by atoms with van der Waals surface area (Å²) in [5, 5.41) is 0. The first-order chi connectivity index (χ1) is 7.59. The predicted octanol–water partition coefficient (Wildman–Crippen LogP) is 3.57. The Morgan fingerprint density at radius 3 is 2.44 bits per heavy atom. The number of rotatable bonds is 1. The van der Waals surface area contributed by atoms with E-state index in [1.165, 1.54) is 24.4 Å². The van der Waals surface area contributed by atoms with Crippen molar-refractivity contribution in [2.45, 2.75) is 6.18 Å². The molecule has 2 rings (SSSR count). The first-order valence-electron chi connectivity index (χ1n) is 4.58. The summed E-state index contributed by atoms with van der Waals surface area (Å²) in [6.45, 7) is 0. The summed E-state index contributed by atoms with van der Waals surface area (Å²) in [4.78, 5) is 3.69. The highest BCUT2D eigenvalue weighted by Gasteiger charge is 2.33. The second-order valence-electron chi connectivity index (χ2n) is 3.22. The quantitative estimate of drug-likeness (QED) is 0.718. The van der Waals surface area contributed by atoms with Gasteiger partial charge in [-0.3, -0.25) is 4.98 Å². The fraction of sp³-hybridized carbons (Fsp3) is 0.0833. The monoisotopic (exact) mass is 222 g/mol. The van der Waals surface area contributed by atoms with Crippen LogP contribution in [0.4, 0.5) is 13.2 Å². The van der Waals surface area contributed by atoms with Crippen molar-refractivity contribution in [3.8, 4) is 11.1 Å². The van der Waals surface area contributed by atoms with E-state index >= 15 is 0 Å². The van der Waals surface area contributed by atoms with Crippen LogP contribution in [0.2, 0.25) is 0 Å². The summed E-state index contributed by atoms with van der Waals surface area (Å²) in [6, 6.07) is 8.47. The maximum atomic E-state index is 12.7. The van der Waals surface area contributed by atoms with Gasteiger partial charge in [0.05, 0.1) is 11.8 Å². The molecule has 0 bridgehead atoms. The largest absolute Gasteiger partial charge is 0.417 e. The first-order valence-corrected chi connectivity index (χ1v) is 4.58. The molecule has 0 N–H and O–H groups in total. The Balaban J connectivity index is 2.58. The normalized spacial score (nSPS) is 11.4. The molecule has 4 heteroatoms. The molecule has 0 fully saturated rings. The fourth-order valence-corrected chi connectivity index (χ4v) is 1.46. The van der Waals surface area contributed by atoms with Crippen molar-refractivity contribution in [1.29, 1.82) is 0 Å². The molecule has 0 spiro atoms. The Morgan fingerprint density at radius 2 is 1.81 bits per heavy atom. The van der Waals surface area contributed by atoms with Gasteiger partial charge in [-0.1, -0.05) is 24.3 Å². The van der Waals surface area contributed by atoms with Crippen LogP contribution >= 0.6 is 0 Å². The van der Waals surface area contributed by atoms with E-state index in [9.17, 15) is 13.2 Å². The van der Waals surface area contributed by atoms with E-state index in [0.29, 0.717) is 5.56 Å². The molecule has 0 saturated carbocycles. The molecule has 0 unspecified atom stereocenters. The van der Waals surface area contributed by atoms with Crippen LogP contribution in [-0.2, 0) is 6.18 Å². The molecule has 0 saturated heterocycles. The minimum Gasteiger partial charge on any atom is -0.254 e. The highest BCUT2D eigenvalue weighted by Crippen LogP contribution is 2.36. The van der Waals surface area contributed by atoms with Crippen molar-refractivity contribution < 1.29 is 13.2 Å². The molecule has 0 aliphatic rings. The number of pyridine rings is 1. The smallest absolute Gasteiger partial charge is 0.254 e. The fourth-order valence-electron chi connectivity index (χ4n) is 1.46. The van der Waals surface area contributed by atoms with Gasteiger partial charge in [-0.2, -0.15) is 13.2 Å². The van der Waals surface area contributed by atoms with Gasteiger partial charge in [-0.15, -0.1) is 0 Å². The van der Waals surface area contributed by atoms with Crippen LogP contribution in [0.25, 0.3) is 11.1 Å². The van der Waals surface area contributed by atoms with E-state index in [1.807, 2.05) is 0 Å². The van der Waals surface area contributed by atoms with Crippen molar-refractivity contribution in [1.82, 2.24) is 4.98 Å². The van der Waals surface area contributed by atoms with E-state index in [4.69, 9.17) is 0 Å². The lowest BCUT2D eigenvalue weighted by Crippen LogP contribution is -2.06. The molecule has 1 aromatic heterocycles. The lowest BCUT2D eigenvalue weighted by atomic mass is 10.0. The number of benzene rings is 1. The van der Waals surface area contributed by atoms with Crippen LogP contribution in [0.1, 0.15) is 5.56 Å². The third-order valence-electron chi connectivity index (χ3n) is 2.16. The van der Waals surface area contributed by atoms with Gasteiger partial charge >= 0.3 is 6.18 Å². The van der Waals surface area contributed by atoms with Crippen LogP contribution < -0.4 is 0 Å². The van der Waals surface area contributed by atoms with Crippen LogP contribution in [0.5, 0.6) is 0 Å². The Bertz CT molecular complexity index is 477.